The maximum atomic E-state index is 13.0. The minimum absolute atomic E-state index is 0.144. The van der Waals surface area contributed by atoms with Gasteiger partial charge in [-0.3, -0.25) is 10.1 Å². The molecule has 0 bridgehead atoms. The maximum absolute atomic E-state index is 13.0. The first-order valence-corrected chi connectivity index (χ1v) is 10.5. The van der Waals surface area contributed by atoms with Gasteiger partial charge in [-0.15, -0.1) is 0 Å². The van der Waals surface area contributed by atoms with Crippen LogP contribution in [0.2, 0.25) is 0 Å². The number of rotatable bonds is 8. The number of hydrogen-bond acceptors (Lipinski definition) is 6. The smallest absolute Gasteiger partial charge is 0.304 e. The summed E-state index contributed by atoms with van der Waals surface area (Å²) < 4.78 is 50.6. The Morgan fingerprint density at radius 3 is 2.31 bits per heavy atom. The van der Waals surface area contributed by atoms with Crippen molar-refractivity contribution in [2.45, 2.75) is 20.1 Å². The van der Waals surface area contributed by atoms with Crippen molar-refractivity contribution in [2.24, 2.45) is 0 Å². The molecule has 3 aromatic carbocycles. The van der Waals surface area contributed by atoms with Gasteiger partial charge < -0.3 is 19.1 Å². The van der Waals surface area contributed by atoms with Gasteiger partial charge >= 0.3 is 5.69 Å². The number of aliphatic hydroxyl groups is 1. The Bertz CT molecular complexity index is 1300. The summed E-state index contributed by atoms with van der Waals surface area (Å²) in [5, 5.41) is 19.5. The molecule has 0 spiro atoms. The largest absolute Gasteiger partial charge is 0.457 e. The fourth-order valence-electron chi connectivity index (χ4n) is 3.15. The van der Waals surface area contributed by atoms with Crippen LogP contribution in [0.25, 0.3) is 11.0 Å². The first-order valence-electron chi connectivity index (χ1n) is 10.5. The van der Waals surface area contributed by atoms with Crippen molar-refractivity contribution in [3.63, 3.8) is 0 Å². The summed E-state index contributed by atoms with van der Waals surface area (Å²) in [5.74, 6) is -0.527. The Hall–Kier alpha value is -3.96. The highest BCUT2D eigenvalue weighted by Gasteiger charge is 2.13. The fraction of sp³-hybridized carbons (Fsp3) is 0.208. The molecule has 184 valence electrons. The van der Waals surface area contributed by atoms with Crippen LogP contribution in [-0.4, -0.2) is 32.8 Å². The molecule has 0 saturated carbocycles. The van der Waals surface area contributed by atoms with E-state index in [1.54, 1.807) is 18.2 Å². The number of fused-ring (bicyclic) bond motifs is 1. The van der Waals surface area contributed by atoms with E-state index in [4.69, 9.17) is 9.47 Å². The lowest BCUT2D eigenvalue weighted by Crippen LogP contribution is -2.09. The predicted octanol–water partition coefficient (Wildman–Crippen LogP) is 5.37. The number of benzene rings is 3. The number of aromatic nitrogens is 2. The third kappa shape index (κ3) is 6.78. The summed E-state index contributed by atoms with van der Waals surface area (Å²) in [6, 6.07) is 13.4. The Morgan fingerprint density at radius 2 is 1.69 bits per heavy atom. The molecule has 4 rings (SSSR count). The molecule has 11 heteroatoms. The van der Waals surface area contributed by atoms with E-state index in [9.17, 15) is 28.4 Å². The zero-order valence-electron chi connectivity index (χ0n) is 18.7. The summed E-state index contributed by atoms with van der Waals surface area (Å²) >= 11 is 0. The monoisotopic (exact) mass is 489 g/mol. The van der Waals surface area contributed by atoms with Crippen LogP contribution in [0.5, 0.6) is 11.5 Å². The van der Waals surface area contributed by atoms with Crippen molar-refractivity contribution in [1.29, 1.82) is 0 Å². The average molecular weight is 489 g/mol. The Balaban J connectivity index is 0.000000261. The molecular weight excluding hydrogens is 467 g/mol. The molecule has 0 atom stereocenters. The quantitative estimate of drug-likeness (QED) is 0.203. The number of hydrogen-bond donors (Lipinski definition) is 1. The van der Waals surface area contributed by atoms with E-state index < -0.39 is 22.2 Å². The van der Waals surface area contributed by atoms with E-state index in [-0.39, 0.29) is 12.4 Å². The van der Waals surface area contributed by atoms with Crippen LogP contribution >= 0.6 is 0 Å². The number of nitro benzene ring substituents is 1. The van der Waals surface area contributed by atoms with Crippen molar-refractivity contribution < 1.29 is 32.7 Å². The van der Waals surface area contributed by atoms with Gasteiger partial charge in [0.2, 0.25) is 5.82 Å². The molecule has 1 heterocycles. The normalized spacial score (nSPS) is 10.7. The highest BCUT2D eigenvalue weighted by atomic mass is 19.1. The second kappa shape index (κ2) is 12.0. The maximum Gasteiger partial charge on any atom is 0.304 e. The Kier molecular flexibility index (Phi) is 8.76. The summed E-state index contributed by atoms with van der Waals surface area (Å²) in [7, 11) is 0. The van der Waals surface area contributed by atoms with Gasteiger partial charge in [-0.2, -0.15) is 4.39 Å². The van der Waals surface area contributed by atoms with E-state index in [1.807, 2.05) is 23.6 Å². The van der Waals surface area contributed by atoms with E-state index in [0.29, 0.717) is 43.1 Å². The standard InChI is InChI=1S/C18H19FN2O3.C6H3F2NO2/c1-2-23-10-9-21-17-11-15(7-8-16(17)20-18(21)12-22)24-14-5-3-13(19)4-6-14;7-4-1-2-6(9(10)11)5(8)3-4/h3-8,11,22H,2,9-10,12H2,1H3;1-3H. The Labute approximate surface area is 198 Å². The number of ether oxygens (including phenoxy) is 2. The molecule has 0 amide bonds. The zero-order chi connectivity index (χ0) is 25.4. The molecule has 0 aliphatic rings. The molecule has 0 unspecified atom stereocenters. The second-order valence-corrected chi connectivity index (χ2v) is 7.09. The minimum atomic E-state index is -1.16. The SMILES string of the molecule is CCOCCn1c(CO)nc2ccc(Oc3ccc(F)cc3)cc21.O=[N+]([O-])c1ccc(F)cc1F. The summed E-state index contributed by atoms with van der Waals surface area (Å²) in [6.07, 6.45) is 0. The van der Waals surface area contributed by atoms with Crippen LogP contribution in [-0.2, 0) is 17.9 Å². The van der Waals surface area contributed by atoms with Crippen LogP contribution < -0.4 is 4.74 Å². The fourth-order valence-corrected chi connectivity index (χ4v) is 3.15. The number of halogens is 3. The Morgan fingerprint density at radius 1 is 1.00 bits per heavy atom. The molecule has 0 saturated heterocycles. The van der Waals surface area contributed by atoms with Crippen LogP contribution in [0.4, 0.5) is 18.9 Å². The second-order valence-electron chi connectivity index (χ2n) is 7.09. The molecular formula is C24H22F3N3O5. The van der Waals surface area contributed by atoms with E-state index in [1.165, 1.54) is 12.1 Å². The molecule has 35 heavy (non-hydrogen) atoms. The summed E-state index contributed by atoms with van der Waals surface area (Å²) in [5.41, 5.74) is 0.923. The lowest BCUT2D eigenvalue weighted by atomic mass is 10.3. The third-order valence-corrected chi connectivity index (χ3v) is 4.76. The molecule has 0 aliphatic heterocycles. The third-order valence-electron chi connectivity index (χ3n) is 4.76. The number of nitro groups is 1. The average Bonchev–Trinajstić information content (AvgIpc) is 3.18. The van der Waals surface area contributed by atoms with Crippen molar-refractivity contribution in [3.8, 4) is 11.5 Å². The lowest BCUT2D eigenvalue weighted by molar-refractivity contribution is -0.387. The van der Waals surface area contributed by atoms with Crippen molar-refractivity contribution in [3.05, 3.63) is 94.1 Å². The van der Waals surface area contributed by atoms with E-state index in [0.717, 1.165) is 23.2 Å². The molecule has 0 fully saturated rings. The number of aliphatic hydroxyl groups excluding tert-OH is 1. The molecule has 4 aromatic rings. The van der Waals surface area contributed by atoms with Crippen LogP contribution in [0.15, 0.2) is 60.7 Å². The molecule has 0 radical (unpaired) electrons. The van der Waals surface area contributed by atoms with Crippen LogP contribution in [0, 0.1) is 27.6 Å². The molecule has 8 nitrogen and oxygen atoms in total. The molecule has 1 aromatic heterocycles. The van der Waals surface area contributed by atoms with E-state index >= 15 is 0 Å². The summed E-state index contributed by atoms with van der Waals surface area (Å²) in [6.45, 7) is 3.57. The van der Waals surface area contributed by atoms with Gasteiger partial charge in [-0.1, -0.05) is 0 Å². The summed E-state index contributed by atoms with van der Waals surface area (Å²) in [4.78, 5) is 13.5. The first kappa shape index (κ1) is 25.7. The van der Waals surface area contributed by atoms with Crippen molar-refractivity contribution in [1.82, 2.24) is 9.55 Å². The first-order chi connectivity index (χ1) is 16.8. The van der Waals surface area contributed by atoms with Gasteiger partial charge in [-0.05, 0) is 49.4 Å². The van der Waals surface area contributed by atoms with Crippen molar-refractivity contribution >= 4 is 16.7 Å². The molecule has 0 aliphatic carbocycles. The number of imidazole rings is 1. The van der Waals surface area contributed by atoms with E-state index in [2.05, 4.69) is 4.98 Å². The van der Waals surface area contributed by atoms with Crippen molar-refractivity contribution in [2.75, 3.05) is 13.2 Å². The van der Waals surface area contributed by atoms with Gasteiger partial charge in [0.15, 0.2) is 0 Å². The topological polar surface area (TPSA) is 99.7 Å². The highest BCUT2D eigenvalue weighted by molar-refractivity contribution is 5.78. The molecule has 1 N–H and O–H groups in total. The zero-order valence-corrected chi connectivity index (χ0v) is 18.7. The number of nitrogens with zero attached hydrogens (tertiary/aromatic N) is 3. The van der Waals surface area contributed by atoms with Gasteiger partial charge in [0.1, 0.15) is 35.6 Å². The highest BCUT2D eigenvalue weighted by Crippen LogP contribution is 2.26. The van der Waals surface area contributed by atoms with Crippen LogP contribution in [0.1, 0.15) is 12.7 Å². The van der Waals surface area contributed by atoms with Crippen LogP contribution in [0.3, 0.4) is 0 Å². The van der Waals surface area contributed by atoms with Gasteiger partial charge in [0.05, 0.1) is 22.6 Å². The van der Waals surface area contributed by atoms with Gasteiger partial charge in [0.25, 0.3) is 0 Å². The minimum Gasteiger partial charge on any atom is -0.457 e. The predicted molar refractivity (Wildman–Crippen MR) is 122 cm³/mol. The van der Waals surface area contributed by atoms with Gasteiger partial charge in [-0.25, -0.2) is 13.8 Å². The van der Waals surface area contributed by atoms with Gasteiger partial charge in [0, 0.05) is 31.4 Å². The lowest BCUT2D eigenvalue weighted by Gasteiger charge is -2.09.